The van der Waals surface area contributed by atoms with Gasteiger partial charge in [-0.1, -0.05) is 20.8 Å². The van der Waals surface area contributed by atoms with Gasteiger partial charge < -0.3 is 15.3 Å². The molecule has 0 aromatic heterocycles. The minimum atomic E-state index is -0.795. The number of carbonyl (C=O) groups is 2. The Hall–Kier alpha value is -1.30. The molecule has 1 aliphatic carbocycles. The highest BCUT2D eigenvalue weighted by atomic mass is 16.4. The fraction of sp³-hybridized carbons (Fsp3) is 0.857. The van der Waals surface area contributed by atoms with Crippen molar-refractivity contribution in [2.24, 2.45) is 5.92 Å². The summed E-state index contributed by atoms with van der Waals surface area (Å²) < 4.78 is 0. The third kappa shape index (κ3) is 5.00. The summed E-state index contributed by atoms with van der Waals surface area (Å²) in [6.07, 6.45) is 1.67. The maximum absolute atomic E-state index is 11.9. The molecule has 0 bridgehead atoms. The molecule has 0 saturated heterocycles. The first-order valence-corrected chi connectivity index (χ1v) is 7.30. The Kier molecular flexibility index (Phi) is 6.26. The SMILES string of the molecule is CCN(CC(=O)O)C1CC(NC(=O)N(C)CC(C)C)C1. The van der Waals surface area contributed by atoms with E-state index < -0.39 is 5.97 Å². The van der Waals surface area contributed by atoms with Gasteiger partial charge in [-0.15, -0.1) is 0 Å². The molecule has 0 aromatic rings. The van der Waals surface area contributed by atoms with Gasteiger partial charge in [0.05, 0.1) is 6.54 Å². The lowest BCUT2D eigenvalue weighted by Crippen LogP contribution is -2.56. The molecule has 1 fully saturated rings. The molecule has 1 aliphatic rings. The van der Waals surface area contributed by atoms with Gasteiger partial charge in [-0.3, -0.25) is 9.69 Å². The average Bonchev–Trinajstić information content (AvgIpc) is 2.29. The van der Waals surface area contributed by atoms with Crippen LogP contribution in [0.1, 0.15) is 33.6 Å². The third-order valence-electron chi connectivity index (χ3n) is 3.69. The molecule has 0 aliphatic heterocycles. The number of nitrogens with one attached hydrogen (secondary N) is 1. The van der Waals surface area contributed by atoms with Crippen LogP contribution in [0, 0.1) is 5.92 Å². The van der Waals surface area contributed by atoms with E-state index in [1.54, 1.807) is 11.9 Å². The molecule has 0 radical (unpaired) electrons. The zero-order chi connectivity index (χ0) is 15.3. The largest absolute Gasteiger partial charge is 0.480 e. The maximum Gasteiger partial charge on any atom is 0.317 e. The number of aliphatic carboxylic acids is 1. The second kappa shape index (κ2) is 7.47. The first-order valence-electron chi connectivity index (χ1n) is 7.30. The molecule has 1 rings (SSSR count). The highest BCUT2D eigenvalue weighted by Gasteiger charge is 2.35. The van der Waals surface area contributed by atoms with Gasteiger partial charge in [0.25, 0.3) is 0 Å². The highest BCUT2D eigenvalue weighted by Crippen LogP contribution is 2.25. The fourth-order valence-electron chi connectivity index (χ4n) is 2.59. The van der Waals surface area contributed by atoms with Gasteiger partial charge in [-0.05, 0) is 25.3 Å². The van der Waals surface area contributed by atoms with E-state index >= 15 is 0 Å². The molecule has 1 saturated carbocycles. The smallest absolute Gasteiger partial charge is 0.317 e. The summed E-state index contributed by atoms with van der Waals surface area (Å²) in [7, 11) is 1.80. The Labute approximate surface area is 121 Å². The molecule has 0 unspecified atom stereocenters. The minimum Gasteiger partial charge on any atom is -0.480 e. The van der Waals surface area contributed by atoms with Crippen LogP contribution < -0.4 is 5.32 Å². The molecular formula is C14H27N3O3. The second-order valence-corrected chi connectivity index (χ2v) is 6.00. The number of hydrogen-bond donors (Lipinski definition) is 2. The second-order valence-electron chi connectivity index (χ2n) is 6.00. The van der Waals surface area contributed by atoms with E-state index in [1.807, 2.05) is 11.8 Å². The molecule has 2 N–H and O–H groups in total. The summed E-state index contributed by atoms with van der Waals surface area (Å²) in [5, 5.41) is 11.8. The summed E-state index contributed by atoms with van der Waals surface area (Å²) in [4.78, 5) is 26.3. The molecule has 6 heteroatoms. The van der Waals surface area contributed by atoms with Crippen molar-refractivity contribution in [1.82, 2.24) is 15.1 Å². The Balaban J connectivity index is 2.30. The van der Waals surface area contributed by atoms with Gasteiger partial charge in [0.1, 0.15) is 0 Å². The van der Waals surface area contributed by atoms with Gasteiger partial charge in [-0.25, -0.2) is 4.79 Å². The van der Waals surface area contributed by atoms with Crippen molar-refractivity contribution in [2.75, 3.05) is 26.7 Å². The molecular weight excluding hydrogens is 258 g/mol. The monoisotopic (exact) mass is 285 g/mol. The first-order chi connectivity index (χ1) is 9.33. The van der Waals surface area contributed by atoms with E-state index in [0.29, 0.717) is 5.92 Å². The molecule has 2 amide bonds. The lowest BCUT2D eigenvalue weighted by Gasteiger charge is -2.42. The van der Waals surface area contributed by atoms with Crippen LogP contribution in [0.4, 0.5) is 4.79 Å². The minimum absolute atomic E-state index is 0.0385. The number of hydrogen-bond acceptors (Lipinski definition) is 3. The Morgan fingerprint density at radius 1 is 1.35 bits per heavy atom. The van der Waals surface area contributed by atoms with Crippen LogP contribution in [0.5, 0.6) is 0 Å². The van der Waals surface area contributed by atoms with Gasteiger partial charge in [0, 0.05) is 25.7 Å². The standard InChI is InChI=1S/C14H27N3O3/c1-5-17(9-13(18)19)12-6-11(7-12)15-14(20)16(4)8-10(2)3/h10-12H,5-9H2,1-4H3,(H,15,20)(H,18,19). The van der Waals surface area contributed by atoms with E-state index in [0.717, 1.165) is 25.9 Å². The Morgan fingerprint density at radius 3 is 2.40 bits per heavy atom. The quantitative estimate of drug-likeness (QED) is 0.738. The van der Waals surface area contributed by atoms with Crippen LogP contribution in [-0.2, 0) is 4.79 Å². The zero-order valence-corrected chi connectivity index (χ0v) is 12.9. The molecule has 6 nitrogen and oxygen atoms in total. The summed E-state index contributed by atoms with van der Waals surface area (Å²) in [6.45, 7) is 7.66. The van der Waals surface area contributed by atoms with Gasteiger partial charge in [-0.2, -0.15) is 0 Å². The van der Waals surface area contributed by atoms with Crippen LogP contribution in [-0.4, -0.2) is 65.7 Å². The van der Waals surface area contributed by atoms with Crippen molar-refractivity contribution < 1.29 is 14.7 Å². The molecule has 20 heavy (non-hydrogen) atoms. The fourth-order valence-corrected chi connectivity index (χ4v) is 2.59. The molecule has 0 aromatic carbocycles. The number of amides is 2. The van der Waals surface area contributed by atoms with Gasteiger partial charge in [0.15, 0.2) is 0 Å². The van der Waals surface area contributed by atoms with Crippen molar-refractivity contribution in [3.05, 3.63) is 0 Å². The van der Waals surface area contributed by atoms with E-state index in [-0.39, 0.29) is 24.7 Å². The highest BCUT2D eigenvalue weighted by molar-refractivity contribution is 5.74. The number of carboxylic acids is 1. The first kappa shape index (κ1) is 16.8. The molecule has 0 spiro atoms. The van der Waals surface area contributed by atoms with Crippen molar-refractivity contribution in [1.29, 1.82) is 0 Å². The Morgan fingerprint density at radius 2 is 1.95 bits per heavy atom. The normalized spacial score (nSPS) is 21.7. The van der Waals surface area contributed by atoms with E-state index in [4.69, 9.17) is 5.11 Å². The van der Waals surface area contributed by atoms with Crippen molar-refractivity contribution >= 4 is 12.0 Å². The summed E-state index contributed by atoms with van der Waals surface area (Å²) in [5.74, 6) is -0.345. The van der Waals surface area contributed by atoms with Crippen LogP contribution in [0.25, 0.3) is 0 Å². The maximum atomic E-state index is 11.9. The molecule has 0 heterocycles. The molecule has 0 atom stereocenters. The van der Waals surface area contributed by atoms with Crippen LogP contribution in [0.2, 0.25) is 0 Å². The number of urea groups is 1. The molecule has 116 valence electrons. The number of rotatable bonds is 7. The van der Waals surface area contributed by atoms with E-state index in [9.17, 15) is 9.59 Å². The lowest BCUT2D eigenvalue weighted by atomic mass is 9.85. The van der Waals surface area contributed by atoms with Crippen molar-refractivity contribution in [3.63, 3.8) is 0 Å². The summed E-state index contributed by atoms with van der Waals surface area (Å²) >= 11 is 0. The predicted octanol–water partition coefficient (Wildman–Crippen LogP) is 1.22. The zero-order valence-electron chi connectivity index (χ0n) is 12.9. The number of nitrogens with zero attached hydrogens (tertiary/aromatic N) is 2. The van der Waals surface area contributed by atoms with Crippen LogP contribution >= 0.6 is 0 Å². The van der Waals surface area contributed by atoms with Crippen molar-refractivity contribution in [3.8, 4) is 0 Å². The average molecular weight is 285 g/mol. The van der Waals surface area contributed by atoms with E-state index in [1.165, 1.54) is 0 Å². The van der Waals surface area contributed by atoms with Crippen LogP contribution in [0.3, 0.4) is 0 Å². The number of likely N-dealkylation sites (N-methyl/N-ethyl adjacent to an activating group) is 1. The summed E-state index contributed by atoms with van der Waals surface area (Å²) in [5.41, 5.74) is 0. The number of carbonyl (C=O) groups excluding carboxylic acids is 1. The summed E-state index contributed by atoms with van der Waals surface area (Å²) in [6, 6.07) is 0.408. The topological polar surface area (TPSA) is 72.9 Å². The van der Waals surface area contributed by atoms with Crippen LogP contribution in [0.15, 0.2) is 0 Å². The predicted molar refractivity (Wildman–Crippen MR) is 77.7 cm³/mol. The number of carboxylic acid groups (broad SMARTS) is 1. The van der Waals surface area contributed by atoms with Gasteiger partial charge in [0.2, 0.25) is 0 Å². The third-order valence-corrected chi connectivity index (χ3v) is 3.69. The Bertz CT molecular complexity index is 341. The van der Waals surface area contributed by atoms with Gasteiger partial charge >= 0.3 is 12.0 Å². The van der Waals surface area contributed by atoms with Crippen molar-refractivity contribution in [2.45, 2.75) is 45.7 Å². The lowest BCUT2D eigenvalue weighted by molar-refractivity contribution is -0.139. The van der Waals surface area contributed by atoms with E-state index in [2.05, 4.69) is 19.2 Å².